The van der Waals surface area contributed by atoms with Crippen LogP contribution in [0.3, 0.4) is 0 Å². The first-order valence-electron chi connectivity index (χ1n) is 17.3. The number of hydrogen-bond acceptors (Lipinski definition) is 9. The normalized spacial score (nSPS) is 33.5. The molecule has 2 bridgehead atoms. The molecule has 11 nitrogen and oxygen atoms in total. The summed E-state index contributed by atoms with van der Waals surface area (Å²) >= 11 is 6.43. The number of nitrogens with one attached hydrogen (secondary N) is 2. The Kier molecular flexibility index (Phi) is 9.93. The summed E-state index contributed by atoms with van der Waals surface area (Å²) in [6.45, 7) is 3.77. The van der Waals surface area contributed by atoms with E-state index in [4.69, 9.17) is 30.8 Å². The van der Waals surface area contributed by atoms with Crippen LogP contribution in [0, 0.1) is 17.8 Å². The van der Waals surface area contributed by atoms with Gasteiger partial charge < -0.3 is 38.3 Å². The number of allylic oxidation sites excluding steroid dienone is 1. The van der Waals surface area contributed by atoms with Gasteiger partial charge in [0, 0.05) is 37.7 Å². The molecule has 1 aromatic carbocycles. The molecule has 1 unspecified atom stereocenters. The Morgan fingerprint density at radius 3 is 2.78 bits per heavy atom. The summed E-state index contributed by atoms with van der Waals surface area (Å²) in [5, 5.41) is 5.51. The number of anilines is 1. The van der Waals surface area contributed by atoms with Crippen molar-refractivity contribution in [3.8, 4) is 5.75 Å². The predicted molar refractivity (Wildman–Crippen MR) is 187 cm³/mol. The number of nitrogens with zero attached hydrogens (tertiary/aromatic N) is 3. The minimum atomic E-state index is -2.09. The van der Waals surface area contributed by atoms with E-state index in [1.807, 2.05) is 19.1 Å². The number of carbonyl (C=O) groups is 2. The van der Waals surface area contributed by atoms with Gasteiger partial charge in [-0.3, -0.25) is 4.79 Å². The van der Waals surface area contributed by atoms with E-state index in [1.54, 1.807) is 26.4 Å². The van der Waals surface area contributed by atoms with Gasteiger partial charge in [0.2, 0.25) is 0 Å². The molecule has 264 valence electrons. The monoisotopic (exact) mass is 710 g/mol. The number of urea groups is 1. The van der Waals surface area contributed by atoms with Gasteiger partial charge in [0.05, 0.1) is 24.9 Å². The van der Waals surface area contributed by atoms with Crippen molar-refractivity contribution in [2.24, 2.45) is 22.1 Å². The second-order valence-electron chi connectivity index (χ2n) is 14.3. The summed E-state index contributed by atoms with van der Waals surface area (Å²) in [6.07, 6.45) is 10.3. The lowest BCUT2D eigenvalue weighted by Gasteiger charge is -2.45. The lowest BCUT2D eigenvalue weighted by molar-refractivity contribution is 0.0131. The van der Waals surface area contributed by atoms with Crippen LogP contribution in [0.25, 0.3) is 0 Å². The van der Waals surface area contributed by atoms with Crippen molar-refractivity contribution in [3.63, 3.8) is 0 Å². The molecule has 1 aromatic heterocycles. The van der Waals surface area contributed by atoms with Gasteiger partial charge in [-0.2, -0.15) is 10.6 Å². The van der Waals surface area contributed by atoms with Gasteiger partial charge in [0.25, 0.3) is 5.91 Å². The molecular formula is C36H45ClN5O6S-. The lowest BCUT2D eigenvalue weighted by atomic mass is 9.68. The SMILES string of the molecule is CO[C@H]1/C=C/C[C@H](C)C(NC(=O)N[C@H]2C[C@@H]2OC)[S-](=O)=NC(=O)c2ccc3c(n2)N(C[C@@H]2CC[C@H]21)C[C@@]1(CCCc2cc(Cl)ccc21)CO3. The molecule has 2 fully saturated rings. The quantitative estimate of drug-likeness (QED) is 0.312. The van der Waals surface area contributed by atoms with Crippen molar-refractivity contribution in [2.45, 2.75) is 80.9 Å². The van der Waals surface area contributed by atoms with Gasteiger partial charge in [0.15, 0.2) is 11.6 Å². The second kappa shape index (κ2) is 14.2. The molecule has 7 rings (SSSR count). The van der Waals surface area contributed by atoms with Crippen LogP contribution in [0.2, 0.25) is 5.02 Å². The Labute approximate surface area is 294 Å². The second-order valence-corrected chi connectivity index (χ2v) is 16.0. The number of benzene rings is 1. The van der Waals surface area contributed by atoms with E-state index in [1.165, 1.54) is 11.1 Å². The third-order valence-electron chi connectivity index (χ3n) is 11.1. The maximum atomic E-state index is 13.7. The number of carbonyl (C=O) groups excluding carboxylic acids is 2. The standard InChI is InChI=1S/C36H45ClN5O6S/c1-21-6-4-8-29(46-2)25-11-9-23(25)18-42-19-36(15-5-7-22-16-24(37)10-12-26(22)36)20-48-30-14-13-27(38-32(30)42)33(43)41-49(45)34(21)40-35(44)39-28-17-31(28)47-3/h4,8,10,12-14,16,21,23,25,28-29,31,34H,5-7,9,11,15,17-20H2,1-3H3,(H2,39,40,44)/q-1/b8-4+/t21-,23-,25+,28-,29-,31-,34?,36-/m0/s1. The number of fused-ring (bicyclic) bond motifs is 4. The molecule has 3 heterocycles. The van der Waals surface area contributed by atoms with Gasteiger partial charge in [-0.05, 0) is 103 Å². The Balaban J connectivity index is 1.25. The van der Waals surface area contributed by atoms with E-state index in [9.17, 15) is 13.8 Å². The summed E-state index contributed by atoms with van der Waals surface area (Å²) in [7, 11) is 1.26. The number of amides is 3. The first kappa shape index (κ1) is 34.3. The fourth-order valence-corrected chi connectivity index (χ4v) is 9.37. The van der Waals surface area contributed by atoms with Crippen LogP contribution in [0.15, 0.2) is 46.8 Å². The zero-order valence-corrected chi connectivity index (χ0v) is 29.8. The van der Waals surface area contributed by atoms with Crippen LogP contribution in [0.5, 0.6) is 5.75 Å². The van der Waals surface area contributed by atoms with Crippen LogP contribution < -0.4 is 20.3 Å². The van der Waals surface area contributed by atoms with Gasteiger partial charge in [-0.15, -0.1) is 0 Å². The molecule has 2 aliphatic heterocycles. The summed E-state index contributed by atoms with van der Waals surface area (Å²) in [5.41, 5.74) is 2.30. The highest BCUT2D eigenvalue weighted by Gasteiger charge is 2.45. The zero-order valence-electron chi connectivity index (χ0n) is 28.2. The van der Waals surface area contributed by atoms with Gasteiger partial charge in [-0.1, -0.05) is 36.7 Å². The lowest BCUT2D eigenvalue weighted by Crippen LogP contribution is -2.49. The molecule has 3 amide bonds. The molecule has 49 heavy (non-hydrogen) atoms. The summed E-state index contributed by atoms with van der Waals surface area (Å²) in [4.78, 5) is 33.7. The largest absolute Gasteiger partial charge is 0.489 e. The fourth-order valence-electron chi connectivity index (χ4n) is 8.08. The molecule has 13 heteroatoms. The Hall–Kier alpha value is -3.19. The molecule has 0 saturated heterocycles. The Bertz CT molecular complexity index is 1720. The number of pyridine rings is 1. The van der Waals surface area contributed by atoms with Crippen LogP contribution in [-0.2, 0) is 36.1 Å². The van der Waals surface area contributed by atoms with Crippen molar-refractivity contribution in [1.82, 2.24) is 15.6 Å². The molecule has 5 aliphatic rings. The molecular weight excluding hydrogens is 666 g/mol. The number of aryl methyl sites for hydroxylation is 1. The number of hydrogen-bond donors (Lipinski definition) is 2. The van der Waals surface area contributed by atoms with E-state index >= 15 is 0 Å². The van der Waals surface area contributed by atoms with Crippen molar-refractivity contribution >= 4 is 40.0 Å². The Morgan fingerprint density at radius 2 is 2.02 bits per heavy atom. The maximum Gasteiger partial charge on any atom is 0.313 e. The minimum absolute atomic E-state index is 0.0368. The summed E-state index contributed by atoms with van der Waals surface area (Å²) in [5.74, 6) is 0.828. The van der Waals surface area contributed by atoms with Gasteiger partial charge in [-0.25, -0.2) is 9.78 Å². The zero-order chi connectivity index (χ0) is 34.3. The van der Waals surface area contributed by atoms with Crippen molar-refractivity contribution in [1.29, 1.82) is 0 Å². The van der Waals surface area contributed by atoms with E-state index in [0.29, 0.717) is 49.4 Å². The average molecular weight is 711 g/mol. The van der Waals surface area contributed by atoms with Crippen molar-refractivity contribution < 1.29 is 28.0 Å². The van der Waals surface area contributed by atoms with Crippen LogP contribution in [0.4, 0.5) is 10.6 Å². The van der Waals surface area contributed by atoms with E-state index in [2.05, 4.69) is 38.1 Å². The highest BCUT2D eigenvalue weighted by atomic mass is 35.5. The van der Waals surface area contributed by atoms with Crippen LogP contribution in [0.1, 0.15) is 67.1 Å². The number of halogens is 1. The molecule has 2 N–H and O–H groups in total. The average Bonchev–Trinajstić information content (AvgIpc) is 3.85. The summed E-state index contributed by atoms with van der Waals surface area (Å²) < 4.78 is 35.7. The number of methoxy groups -OCH3 is 2. The highest BCUT2D eigenvalue weighted by Crippen LogP contribution is 2.46. The number of aromatic nitrogens is 1. The first-order valence-corrected chi connectivity index (χ1v) is 18.9. The van der Waals surface area contributed by atoms with Crippen LogP contribution >= 0.6 is 11.6 Å². The van der Waals surface area contributed by atoms with E-state index in [-0.39, 0.29) is 35.3 Å². The highest BCUT2D eigenvalue weighted by molar-refractivity contribution is 7.75. The molecule has 0 radical (unpaired) electrons. The van der Waals surface area contributed by atoms with E-state index < -0.39 is 27.9 Å². The van der Waals surface area contributed by atoms with Gasteiger partial charge in [0.1, 0.15) is 5.69 Å². The number of rotatable bonds is 4. The smallest absolute Gasteiger partial charge is 0.313 e. The van der Waals surface area contributed by atoms with E-state index in [0.717, 1.165) is 43.7 Å². The molecule has 2 saturated carbocycles. The molecule has 8 atom stereocenters. The predicted octanol–water partition coefficient (Wildman–Crippen LogP) is 5.55. The minimum Gasteiger partial charge on any atom is -0.489 e. The van der Waals surface area contributed by atoms with Crippen LogP contribution in [-0.4, -0.2) is 74.5 Å². The fraction of sp³-hybridized carbons (Fsp3) is 0.583. The first-order chi connectivity index (χ1) is 23.7. The van der Waals surface area contributed by atoms with Crippen molar-refractivity contribution in [3.05, 3.63) is 64.3 Å². The third-order valence-corrected chi connectivity index (χ3v) is 12.7. The summed E-state index contributed by atoms with van der Waals surface area (Å²) in [6, 6.07) is 8.97. The maximum absolute atomic E-state index is 13.7. The van der Waals surface area contributed by atoms with Gasteiger partial charge >= 0.3 is 6.03 Å². The molecule has 3 aliphatic carbocycles. The Morgan fingerprint density at radius 1 is 1.16 bits per heavy atom. The topological polar surface area (TPSA) is 131 Å². The number of ether oxygens (including phenoxy) is 3. The van der Waals surface area contributed by atoms with Crippen molar-refractivity contribution in [2.75, 3.05) is 38.8 Å². The molecule has 2 aromatic rings. The third kappa shape index (κ3) is 7.07. The molecule has 1 spiro atoms.